The van der Waals surface area contributed by atoms with E-state index < -0.39 is 0 Å². The highest BCUT2D eigenvalue weighted by Gasteiger charge is 2.38. The molecule has 8 heteroatoms. The zero-order valence-electron chi connectivity index (χ0n) is 21.7. The third-order valence-corrected chi connectivity index (χ3v) is 7.03. The van der Waals surface area contributed by atoms with Crippen LogP contribution in [0.1, 0.15) is 44.7 Å². The highest BCUT2D eigenvalue weighted by atomic mass is 16.2. The van der Waals surface area contributed by atoms with Crippen LogP contribution in [0.15, 0.2) is 71.0 Å². The van der Waals surface area contributed by atoms with Crippen molar-refractivity contribution in [1.29, 1.82) is 0 Å². The first-order valence-corrected chi connectivity index (χ1v) is 12.4. The van der Waals surface area contributed by atoms with Crippen LogP contribution >= 0.6 is 0 Å². The van der Waals surface area contributed by atoms with Crippen LogP contribution in [0.4, 0.5) is 10.5 Å². The van der Waals surface area contributed by atoms with Crippen molar-refractivity contribution in [3.05, 3.63) is 77.2 Å². The molecule has 0 spiro atoms. The molecule has 1 aromatic rings. The van der Waals surface area contributed by atoms with E-state index in [9.17, 15) is 9.59 Å². The molecule has 0 aromatic heterocycles. The van der Waals surface area contributed by atoms with Gasteiger partial charge in [-0.25, -0.2) is 15.2 Å². The second-order valence-electron chi connectivity index (χ2n) is 9.72. The molecular weight excluding hydrogens is 452 g/mol. The van der Waals surface area contributed by atoms with Gasteiger partial charge in [0.1, 0.15) is 0 Å². The number of urea groups is 1. The number of anilines is 1. The quantitative estimate of drug-likeness (QED) is 0.588. The van der Waals surface area contributed by atoms with Crippen LogP contribution in [0.5, 0.6) is 0 Å². The zero-order valence-corrected chi connectivity index (χ0v) is 21.7. The lowest BCUT2D eigenvalue weighted by molar-refractivity contribution is -0.130. The highest BCUT2D eigenvalue weighted by molar-refractivity contribution is 6.09. The summed E-state index contributed by atoms with van der Waals surface area (Å²) in [5, 5.41) is 0. The summed E-state index contributed by atoms with van der Waals surface area (Å²) in [7, 11) is 1.81. The molecule has 0 aliphatic carbocycles. The number of carbonyl (C=O) groups excluding carboxylic acids is 2. The molecule has 0 radical (unpaired) electrons. The molecule has 3 amide bonds. The van der Waals surface area contributed by atoms with E-state index in [0.29, 0.717) is 32.5 Å². The van der Waals surface area contributed by atoms with E-state index in [4.69, 9.17) is 4.99 Å². The topological polar surface area (TPSA) is 80.3 Å². The summed E-state index contributed by atoms with van der Waals surface area (Å²) in [6, 6.07) is 6.09. The summed E-state index contributed by atoms with van der Waals surface area (Å²) in [5.41, 5.74) is 13.7. The fraction of sp³-hybridized carbons (Fsp3) is 0.393. The third-order valence-electron chi connectivity index (χ3n) is 7.03. The molecule has 190 valence electrons. The van der Waals surface area contributed by atoms with Gasteiger partial charge in [-0.1, -0.05) is 25.3 Å². The van der Waals surface area contributed by atoms with Crippen molar-refractivity contribution in [3.63, 3.8) is 0 Å². The molecule has 2 N–H and O–H groups in total. The molecule has 3 aliphatic heterocycles. The maximum atomic E-state index is 13.6. The molecule has 1 saturated heterocycles. The monoisotopic (exact) mass is 488 g/mol. The number of rotatable bonds is 6. The summed E-state index contributed by atoms with van der Waals surface area (Å²) < 4.78 is 0. The number of fused-ring (bicyclic) bond motifs is 1. The van der Waals surface area contributed by atoms with Crippen LogP contribution in [-0.4, -0.2) is 65.1 Å². The van der Waals surface area contributed by atoms with Crippen molar-refractivity contribution in [3.8, 4) is 0 Å². The van der Waals surface area contributed by atoms with E-state index in [1.54, 1.807) is 17.9 Å². The first-order valence-electron chi connectivity index (χ1n) is 12.4. The van der Waals surface area contributed by atoms with E-state index in [1.807, 2.05) is 48.9 Å². The summed E-state index contributed by atoms with van der Waals surface area (Å²) in [6.45, 7) is 16.2. The van der Waals surface area contributed by atoms with Crippen molar-refractivity contribution in [2.75, 3.05) is 32.1 Å². The standard InChI is InChI=1S/C28H36N6O2/c1-7-20-17-32(6)28(36)34(23-11-13-33(14-12-23)19(5)35)27(20)26(18(3)4)30-24(8-2)21-9-10-25-22(15-21)16-29-31-25/h7-10,15,23,29,31H,1-2,11-14,16-17H2,3-6H3/b30-24+. The van der Waals surface area contributed by atoms with Gasteiger partial charge in [-0.05, 0) is 61.6 Å². The number of hydrogen-bond acceptors (Lipinski definition) is 5. The van der Waals surface area contributed by atoms with Crippen LogP contribution in [0.2, 0.25) is 0 Å². The molecule has 1 fully saturated rings. The van der Waals surface area contributed by atoms with Crippen molar-refractivity contribution < 1.29 is 9.59 Å². The number of carbonyl (C=O) groups is 2. The van der Waals surface area contributed by atoms with E-state index in [1.165, 1.54) is 5.56 Å². The number of piperidine rings is 1. The van der Waals surface area contributed by atoms with Gasteiger partial charge >= 0.3 is 6.03 Å². The first kappa shape index (κ1) is 25.4. The van der Waals surface area contributed by atoms with E-state index >= 15 is 0 Å². The largest absolute Gasteiger partial charge is 0.343 e. The summed E-state index contributed by atoms with van der Waals surface area (Å²) >= 11 is 0. The Balaban J connectivity index is 1.78. The van der Waals surface area contributed by atoms with Crippen LogP contribution < -0.4 is 10.9 Å². The van der Waals surface area contributed by atoms with Gasteiger partial charge in [0.25, 0.3) is 0 Å². The molecule has 8 nitrogen and oxygen atoms in total. The Morgan fingerprint density at radius 2 is 1.89 bits per heavy atom. The lowest BCUT2D eigenvalue weighted by atomic mass is 9.97. The van der Waals surface area contributed by atoms with E-state index in [-0.39, 0.29) is 18.0 Å². The van der Waals surface area contributed by atoms with Crippen molar-refractivity contribution in [1.82, 2.24) is 20.1 Å². The molecule has 0 atom stereocenters. The maximum Gasteiger partial charge on any atom is 0.324 e. The Kier molecular flexibility index (Phi) is 7.45. The number of hydrogen-bond donors (Lipinski definition) is 2. The van der Waals surface area contributed by atoms with E-state index in [0.717, 1.165) is 46.0 Å². The summed E-state index contributed by atoms with van der Waals surface area (Å²) in [4.78, 5) is 36.1. The number of nitrogens with one attached hydrogen (secondary N) is 2. The molecule has 1 aromatic carbocycles. The number of aliphatic imine (C=N–C) groups is 1. The highest BCUT2D eigenvalue weighted by Crippen LogP contribution is 2.35. The molecule has 0 saturated carbocycles. The summed E-state index contributed by atoms with van der Waals surface area (Å²) in [6.07, 6.45) is 5.02. The Morgan fingerprint density at radius 3 is 2.50 bits per heavy atom. The number of amides is 3. The van der Waals surface area contributed by atoms with Crippen molar-refractivity contribution in [2.45, 2.75) is 46.2 Å². The minimum atomic E-state index is -0.0549. The Bertz CT molecular complexity index is 1180. The molecule has 3 aliphatic rings. The first-order chi connectivity index (χ1) is 17.2. The fourth-order valence-electron chi connectivity index (χ4n) is 5.04. The number of likely N-dealkylation sites (tertiary alicyclic amines) is 1. The maximum absolute atomic E-state index is 13.6. The zero-order chi connectivity index (χ0) is 26.0. The van der Waals surface area contributed by atoms with Crippen LogP contribution in [0.3, 0.4) is 0 Å². The third kappa shape index (κ3) is 4.86. The Hall–Kier alpha value is -3.65. The van der Waals surface area contributed by atoms with Gasteiger partial charge in [0.05, 0.1) is 22.8 Å². The molecular formula is C28H36N6O2. The minimum Gasteiger partial charge on any atom is -0.343 e. The summed E-state index contributed by atoms with van der Waals surface area (Å²) in [5.74, 6) is 0.0723. The van der Waals surface area contributed by atoms with Gasteiger partial charge in [-0.3, -0.25) is 9.69 Å². The SMILES string of the molecule is C=CC1=C(C(/N=C(\C=C)c2ccc3c(c2)CNN3)=C(C)C)N(C2CCN(C(C)=O)CC2)C(=O)N(C)C1. The molecule has 4 rings (SSSR count). The molecule has 0 unspecified atom stereocenters. The average Bonchev–Trinajstić information content (AvgIpc) is 3.34. The second kappa shape index (κ2) is 10.5. The van der Waals surface area contributed by atoms with Crippen molar-refractivity contribution in [2.24, 2.45) is 4.99 Å². The predicted molar refractivity (Wildman–Crippen MR) is 144 cm³/mol. The fourth-order valence-corrected chi connectivity index (χ4v) is 5.04. The van der Waals surface area contributed by atoms with Gasteiger partial charge < -0.3 is 15.2 Å². The second-order valence-corrected chi connectivity index (χ2v) is 9.72. The number of likely N-dealkylation sites (N-methyl/N-ethyl adjacent to an activating group) is 1. The number of nitrogens with zero attached hydrogens (tertiary/aromatic N) is 4. The van der Waals surface area contributed by atoms with Gasteiger partial charge in [0.15, 0.2) is 0 Å². The van der Waals surface area contributed by atoms with E-state index in [2.05, 4.69) is 30.1 Å². The number of allylic oxidation sites excluding steroid dienone is 2. The van der Waals surface area contributed by atoms with Gasteiger partial charge in [0, 0.05) is 51.8 Å². The lowest BCUT2D eigenvalue weighted by Gasteiger charge is -2.44. The van der Waals surface area contributed by atoms with Crippen LogP contribution in [0, 0.1) is 0 Å². The molecule has 0 bridgehead atoms. The smallest absolute Gasteiger partial charge is 0.324 e. The van der Waals surface area contributed by atoms with Crippen LogP contribution in [-0.2, 0) is 11.3 Å². The predicted octanol–water partition coefficient (Wildman–Crippen LogP) is 4.20. The lowest BCUT2D eigenvalue weighted by Crippen LogP contribution is -2.54. The number of benzene rings is 1. The van der Waals surface area contributed by atoms with Crippen LogP contribution in [0.25, 0.3) is 0 Å². The average molecular weight is 489 g/mol. The molecule has 3 heterocycles. The minimum absolute atomic E-state index is 0.0327. The van der Waals surface area contributed by atoms with Gasteiger partial charge in [-0.2, -0.15) is 0 Å². The molecule has 36 heavy (non-hydrogen) atoms. The normalized spacial score (nSPS) is 18.7. The number of hydrazine groups is 1. The Labute approximate surface area is 213 Å². The van der Waals surface area contributed by atoms with Crippen molar-refractivity contribution >= 4 is 23.3 Å². The van der Waals surface area contributed by atoms with Gasteiger partial charge in [-0.15, -0.1) is 0 Å². The Morgan fingerprint density at radius 1 is 1.17 bits per heavy atom. The van der Waals surface area contributed by atoms with Gasteiger partial charge in [0.2, 0.25) is 5.91 Å².